The van der Waals surface area contributed by atoms with Crippen molar-refractivity contribution in [3.8, 4) is 0 Å². The molecule has 156 valence electrons. The number of carbonyl (C=O) groups is 2. The lowest BCUT2D eigenvalue weighted by Crippen LogP contribution is -2.45. The normalized spacial score (nSPS) is 12.2. The van der Waals surface area contributed by atoms with Gasteiger partial charge in [0.2, 0.25) is 15.9 Å². The van der Waals surface area contributed by atoms with Gasteiger partial charge in [-0.15, -0.1) is 0 Å². The predicted octanol–water partition coefficient (Wildman–Crippen LogP) is 3.54. The molecule has 9 heteroatoms. The van der Waals surface area contributed by atoms with Crippen molar-refractivity contribution in [3.63, 3.8) is 0 Å². The van der Waals surface area contributed by atoms with Crippen molar-refractivity contribution in [1.29, 1.82) is 0 Å². The van der Waals surface area contributed by atoms with E-state index in [9.17, 15) is 18.0 Å². The predicted molar refractivity (Wildman–Crippen MR) is 114 cm³/mol. The quantitative estimate of drug-likeness (QED) is 0.696. The zero-order valence-electron chi connectivity index (χ0n) is 16.8. The number of esters is 1. The number of hydrogen-bond acceptors (Lipinski definition) is 5. The molecule has 1 N–H and O–H groups in total. The van der Waals surface area contributed by atoms with Crippen molar-refractivity contribution in [2.75, 3.05) is 23.0 Å². The van der Waals surface area contributed by atoms with E-state index in [1.165, 1.54) is 20.1 Å². The topological polar surface area (TPSA) is 92.8 Å². The molecule has 1 amide bonds. The van der Waals surface area contributed by atoms with Gasteiger partial charge in [-0.25, -0.2) is 13.2 Å². The summed E-state index contributed by atoms with van der Waals surface area (Å²) in [5.74, 6) is -1.08. The summed E-state index contributed by atoms with van der Waals surface area (Å²) in [5.41, 5.74) is 2.19. The highest BCUT2D eigenvalue weighted by Gasteiger charge is 2.30. The van der Waals surface area contributed by atoms with Gasteiger partial charge in [0.25, 0.3) is 0 Å². The molecule has 0 radical (unpaired) electrons. The van der Waals surface area contributed by atoms with Gasteiger partial charge in [-0.05, 0) is 56.2 Å². The second kappa shape index (κ2) is 8.84. The van der Waals surface area contributed by atoms with E-state index >= 15 is 0 Å². The van der Waals surface area contributed by atoms with E-state index in [4.69, 9.17) is 16.3 Å². The molecule has 0 aliphatic heterocycles. The monoisotopic (exact) mass is 438 g/mol. The molecule has 0 fully saturated rings. The van der Waals surface area contributed by atoms with Crippen molar-refractivity contribution in [2.45, 2.75) is 26.8 Å². The minimum absolute atomic E-state index is 0.309. The third-order valence-electron chi connectivity index (χ3n) is 4.49. The van der Waals surface area contributed by atoms with Crippen LogP contribution in [0.5, 0.6) is 0 Å². The average molecular weight is 439 g/mol. The second-order valence-corrected chi connectivity index (χ2v) is 8.92. The van der Waals surface area contributed by atoms with E-state index in [0.717, 1.165) is 10.6 Å². The van der Waals surface area contributed by atoms with Gasteiger partial charge in [0, 0.05) is 10.7 Å². The Bertz CT molecular complexity index is 1050. The molecule has 0 aliphatic carbocycles. The molecule has 2 aromatic rings. The first-order valence-corrected chi connectivity index (χ1v) is 10.9. The molecule has 0 spiro atoms. The Balaban J connectivity index is 2.41. The van der Waals surface area contributed by atoms with E-state index in [2.05, 4.69) is 5.32 Å². The van der Waals surface area contributed by atoms with Gasteiger partial charge in [0.15, 0.2) is 0 Å². The van der Waals surface area contributed by atoms with E-state index in [-0.39, 0.29) is 0 Å². The summed E-state index contributed by atoms with van der Waals surface area (Å²) < 4.78 is 30.7. The molecule has 0 saturated heterocycles. The molecular formula is C20H23ClN2O5S. The average Bonchev–Trinajstić information content (AvgIpc) is 2.64. The Morgan fingerprint density at radius 1 is 1.17 bits per heavy atom. The minimum atomic E-state index is -3.79. The van der Waals surface area contributed by atoms with Gasteiger partial charge < -0.3 is 10.1 Å². The molecular weight excluding hydrogens is 416 g/mol. The van der Waals surface area contributed by atoms with Crippen LogP contribution in [0.2, 0.25) is 5.02 Å². The Morgan fingerprint density at radius 2 is 1.83 bits per heavy atom. The van der Waals surface area contributed by atoms with E-state index < -0.39 is 27.9 Å². The largest absolute Gasteiger partial charge is 0.465 e. The molecule has 0 aliphatic rings. The standard InChI is InChI=1S/C20H23ClN2O5S/c1-12-9-10-15(21)11-18(12)23(29(5,26)27)14(3)19(24)22-17-8-6-7-16(13(17)2)20(25)28-4/h6-11,14H,1-5H3,(H,22,24)/t14-/m1/s1. The summed E-state index contributed by atoms with van der Waals surface area (Å²) in [6.07, 6.45) is 1.03. The lowest BCUT2D eigenvalue weighted by atomic mass is 10.1. The van der Waals surface area contributed by atoms with Crippen LogP contribution in [0.15, 0.2) is 36.4 Å². The maximum Gasteiger partial charge on any atom is 0.338 e. The van der Waals surface area contributed by atoms with Crippen LogP contribution in [0.3, 0.4) is 0 Å². The molecule has 29 heavy (non-hydrogen) atoms. The number of benzene rings is 2. The fourth-order valence-electron chi connectivity index (χ4n) is 2.94. The van der Waals surface area contributed by atoms with Crippen molar-refractivity contribution in [2.24, 2.45) is 0 Å². The third-order valence-corrected chi connectivity index (χ3v) is 5.96. The number of carbonyl (C=O) groups excluding carboxylic acids is 2. The highest BCUT2D eigenvalue weighted by atomic mass is 35.5. The highest BCUT2D eigenvalue weighted by molar-refractivity contribution is 7.92. The Kier molecular flexibility index (Phi) is 6.92. The molecule has 0 aromatic heterocycles. The molecule has 0 bridgehead atoms. The maximum atomic E-state index is 12.9. The van der Waals surface area contributed by atoms with Gasteiger partial charge in [-0.1, -0.05) is 23.7 Å². The molecule has 2 rings (SSSR count). The number of anilines is 2. The Hall–Kier alpha value is -2.58. The minimum Gasteiger partial charge on any atom is -0.465 e. The van der Waals surface area contributed by atoms with Crippen molar-refractivity contribution >= 4 is 44.9 Å². The highest BCUT2D eigenvalue weighted by Crippen LogP contribution is 2.29. The zero-order valence-corrected chi connectivity index (χ0v) is 18.4. The van der Waals surface area contributed by atoms with Gasteiger partial charge in [0.1, 0.15) is 6.04 Å². The summed E-state index contributed by atoms with van der Waals surface area (Å²) in [6, 6.07) is 8.58. The van der Waals surface area contributed by atoms with Gasteiger partial charge in [0.05, 0.1) is 24.6 Å². The first-order chi connectivity index (χ1) is 13.5. The van der Waals surface area contributed by atoms with Crippen LogP contribution in [-0.4, -0.2) is 39.7 Å². The van der Waals surface area contributed by atoms with Crippen LogP contribution in [0.1, 0.15) is 28.4 Å². The number of ether oxygens (including phenoxy) is 1. The Morgan fingerprint density at radius 3 is 2.41 bits per heavy atom. The first kappa shape index (κ1) is 22.7. The molecule has 1 atom stereocenters. The first-order valence-electron chi connectivity index (χ1n) is 8.71. The van der Waals surface area contributed by atoms with E-state index in [1.807, 2.05) is 0 Å². The van der Waals surface area contributed by atoms with Crippen molar-refractivity contribution in [3.05, 3.63) is 58.1 Å². The summed E-state index contributed by atoms with van der Waals surface area (Å²) in [5, 5.41) is 3.06. The maximum absolute atomic E-state index is 12.9. The van der Waals surface area contributed by atoms with Crippen LogP contribution in [0.4, 0.5) is 11.4 Å². The smallest absolute Gasteiger partial charge is 0.338 e. The summed E-state index contributed by atoms with van der Waals surface area (Å²) in [4.78, 5) is 24.8. The van der Waals surface area contributed by atoms with Gasteiger partial charge in [-0.2, -0.15) is 0 Å². The number of amides is 1. The fourth-order valence-corrected chi connectivity index (χ4v) is 4.33. The number of methoxy groups -OCH3 is 1. The van der Waals surface area contributed by atoms with Crippen LogP contribution in [0, 0.1) is 13.8 Å². The number of aryl methyl sites for hydroxylation is 1. The molecule has 2 aromatic carbocycles. The third kappa shape index (κ3) is 5.07. The fraction of sp³-hybridized carbons (Fsp3) is 0.300. The number of hydrogen-bond donors (Lipinski definition) is 1. The number of halogens is 1. The molecule has 0 saturated carbocycles. The SMILES string of the molecule is COC(=O)c1cccc(NC(=O)[C@@H](C)N(c2cc(Cl)ccc2C)S(C)(=O)=O)c1C. The van der Waals surface area contributed by atoms with Crippen LogP contribution >= 0.6 is 11.6 Å². The van der Waals surface area contributed by atoms with Crippen LogP contribution in [-0.2, 0) is 19.6 Å². The summed E-state index contributed by atoms with van der Waals surface area (Å²) in [6.45, 7) is 4.89. The Labute approximate surface area is 175 Å². The van der Waals surface area contributed by atoms with Gasteiger partial charge in [-0.3, -0.25) is 9.10 Å². The number of nitrogens with zero attached hydrogens (tertiary/aromatic N) is 1. The zero-order chi connectivity index (χ0) is 21.9. The van der Waals surface area contributed by atoms with Crippen LogP contribution in [0.25, 0.3) is 0 Å². The number of rotatable bonds is 6. The van der Waals surface area contributed by atoms with Crippen molar-refractivity contribution < 1.29 is 22.7 Å². The van der Waals surface area contributed by atoms with Crippen LogP contribution < -0.4 is 9.62 Å². The molecule has 7 nitrogen and oxygen atoms in total. The summed E-state index contributed by atoms with van der Waals surface area (Å²) >= 11 is 6.04. The number of nitrogens with one attached hydrogen (secondary N) is 1. The number of sulfonamides is 1. The molecule has 0 heterocycles. The lowest BCUT2D eigenvalue weighted by molar-refractivity contribution is -0.116. The van der Waals surface area contributed by atoms with Gasteiger partial charge >= 0.3 is 5.97 Å². The lowest BCUT2D eigenvalue weighted by Gasteiger charge is -2.29. The summed E-state index contributed by atoms with van der Waals surface area (Å²) in [7, 11) is -2.52. The van der Waals surface area contributed by atoms with E-state index in [1.54, 1.807) is 44.2 Å². The van der Waals surface area contributed by atoms with Crippen molar-refractivity contribution in [1.82, 2.24) is 0 Å². The second-order valence-electron chi connectivity index (χ2n) is 6.62. The molecule has 0 unspecified atom stereocenters. The van der Waals surface area contributed by atoms with E-state index in [0.29, 0.717) is 33.1 Å².